The van der Waals surface area contributed by atoms with Crippen LogP contribution in [0.1, 0.15) is 28.8 Å². The molecule has 0 aromatic heterocycles. The van der Waals surface area contributed by atoms with Crippen LogP contribution < -0.4 is 11.1 Å². The highest BCUT2D eigenvalue weighted by Crippen LogP contribution is 2.12. The Morgan fingerprint density at radius 3 is 2.75 bits per heavy atom. The first-order valence-electron chi connectivity index (χ1n) is 6.86. The van der Waals surface area contributed by atoms with E-state index in [9.17, 15) is 4.79 Å². The van der Waals surface area contributed by atoms with E-state index in [2.05, 4.69) is 5.32 Å². The molecular weight excluding hydrogens is 256 g/mol. The molecule has 0 saturated carbocycles. The highest BCUT2D eigenvalue weighted by Gasteiger charge is 2.05. The number of unbranched alkanes of at least 4 members (excludes halogenated alkanes) is 1. The number of methoxy groups -OCH3 is 1. The number of nitrogen functional groups attached to an aromatic ring is 1. The molecule has 0 saturated heterocycles. The fourth-order valence-electron chi connectivity index (χ4n) is 1.66. The molecule has 0 spiro atoms. The van der Waals surface area contributed by atoms with Crippen molar-refractivity contribution in [3.8, 4) is 0 Å². The third kappa shape index (κ3) is 6.04. The molecule has 20 heavy (non-hydrogen) atoms. The van der Waals surface area contributed by atoms with E-state index < -0.39 is 0 Å². The summed E-state index contributed by atoms with van der Waals surface area (Å²) in [6.45, 7) is 4.48. The predicted molar refractivity (Wildman–Crippen MR) is 79.9 cm³/mol. The van der Waals surface area contributed by atoms with Gasteiger partial charge in [-0.2, -0.15) is 0 Å². The number of nitrogens with one attached hydrogen (secondary N) is 1. The summed E-state index contributed by atoms with van der Waals surface area (Å²) in [6.07, 6.45) is 1.81. The Morgan fingerprint density at radius 1 is 1.25 bits per heavy atom. The number of carbonyl (C=O) groups is 1. The fourth-order valence-corrected chi connectivity index (χ4v) is 1.66. The minimum absolute atomic E-state index is 0.0861. The summed E-state index contributed by atoms with van der Waals surface area (Å²) in [5, 5.41) is 2.87. The number of hydrogen-bond donors (Lipinski definition) is 2. The summed E-state index contributed by atoms with van der Waals surface area (Å²) in [6, 6.07) is 5.35. The van der Waals surface area contributed by atoms with E-state index in [1.807, 2.05) is 13.0 Å². The Morgan fingerprint density at radius 2 is 2.05 bits per heavy atom. The second-order valence-electron chi connectivity index (χ2n) is 4.64. The summed E-state index contributed by atoms with van der Waals surface area (Å²) >= 11 is 0. The summed E-state index contributed by atoms with van der Waals surface area (Å²) < 4.78 is 10.2. The number of carbonyl (C=O) groups excluding carboxylic acids is 1. The average molecular weight is 280 g/mol. The lowest BCUT2D eigenvalue weighted by Gasteiger charge is -2.07. The third-order valence-electron chi connectivity index (χ3n) is 2.97. The molecule has 0 unspecified atom stereocenters. The van der Waals surface area contributed by atoms with E-state index >= 15 is 0 Å². The Bertz CT molecular complexity index is 422. The first-order valence-corrected chi connectivity index (χ1v) is 6.86. The smallest absolute Gasteiger partial charge is 0.251 e. The molecule has 1 aromatic rings. The number of ether oxygens (including phenoxy) is 2. The zero-order chi connectivity index (χ0) is 14.8. The molecule has 5 nitrogen and oxygen atoms in total. The van der Waals surface area contributed by atoms with Gasteiger partial charge in [0.25, 0.3) is 5.91 Å². The van der Waals surface area contributed by atoms with Crippen molar-refractivity contribution in [2.45, 2.75) is 19.8 Å². The molecule has 0 radical (unpaired) electrons. The van der Waals surface area contributed by atoms with Gasteiger partial charge in [0.2, 0.25) is 0 Å². The van der Waals surface area contributed by atoms with Crippen molar-refractivity contribution in [3.63, 3.8) is 0 Å². The molecule has 0 heterocycles. The quantitative estimate of drug-likeness (QED) is 0.534. The highest BCUT2D eigenvalue weighted by atomic mass is 16.5. The van der Waals surface area contributed by atoms with Crippen LogP contribution in [0.4, 0.5) is 5.69 Å². The highest BCUT2D eigenvalue weighted by molar-refractivity contribution is 5.95. The van der Waals surface area contributed by atoms with Crippen LogP contribution in [-0.4, -0.2) is 39.4 Å². The molecule has 1 amide bonds. The molecule has 0 fully saturated rings. The number of aryl methyl sites for hydroxylation is 1. The molecule has 0 aliphatic heterocycles. The topological polar surface area (TPSA) is 73.6 Å². The number of nitrogens with two attached hydrogens (primary N) is 1. The van der Waals surface area contributed by atoms with Gasteiger partial charge in [0, 0.05) is 31.5 Å². The van der Waals surface area contributed by atoms with Gasteiger partial charge in [0.05, 0.1) is 13.2 Å². The number of benzene rings is 1. The number of hydrogen-bond acceptors (Lipinski definition) is 4. The minimum atomic E-state index is -0.0861. The Kier molecular flexibility index (Phi) is 7.69. The molecule has 0 atom stereocenters. The van der Waals surface area contributed by atoms with E-state index in [4.69, 9.17) is 15.2 Å². The average Bonchev–Trinajstić information content (AvgIpc) is 2.44. The number of anilines is 1. The Labute approximate surface area is 120 Å². The van der Waals surface area contributed by atoms with Crippen LogP contribution in [0.25, 0.3) is 0 Å². The van der Waals surface area contributed by atoms with Crippen LogP contribution in [0.15, 0.2) is 18.2 Å². The lowest BCUT2D eigenvalue weighted by molar-refractivity contribution is 0.0686. The zero-order valence-corrected chi connectivity index (χ0v) is 12.3. The van der Waals surface area contributed by atoms with E-state index in [0.717, 1.165) is 18.4 Å². The Hall–Kier alpha value is -1.59. The van der Waals surface area contributed by atoms with Gasteiger partial charge >= 0.3 is 0 Å². The molecule has 5 heteroatoms. The van der Waals surface area contributed by atoms with Gasteiger partial charge in [0.1, 0.15) is 0 Å². The van der Waals surface area contributed by atoms with Crippen molar-refractivity contribution in [3.05, 3.63) is 29.3 Å². The van der Waals surface area contributed by atoms with E-state index in [-0.39, 0.29) is 5.91 Å². The molecular formula is C15H24N2O3. The van der Waals surface area contributed by atoms with Gasteiger partial charge in [-0.05, 0) is 37.5 Å². The summed E-state index contributed by atoms with van der Waals surface area (Å²) in [7, 11) is 1.65. The standard InChI is InChI=1S/C15H24N2O3/c1-12-5-6-13(11-14(12)16)15(18)17-7-3-4-8-20-10-9-19-2/h5-6,11H,3-4,7-10,16H2,1-2H3,(H,17,18). The van der Waals surface area contributed by atoms with Gasteiger partial charge in [-0.1, -0.05) is 6.07 Å². The maximum Gasteiger partial charge on any atom is 0.251 e. The van der Waals surface area contributed by atoms with Gasteiger partial charge in [-0.25, -0.2) is 0 Å². The van der Waals surface area contributed by atoms with Crippen molar-refractivity contribution in [1.29, 1.82) is 0 Å². The molecule has 1 aromatic carbocycles. The number of amides is 1. The van der Waals surface area contributed by atoms with Crippen molar-refractivity contribution < 1.29 is 14.3 Å². The van der Waals surface area contributed by atoms with E-state index in [1.165, 1.54) is 0 Å². The molecule has 0 aliphatic carbocycles. The summed E-state index contributed by atoms with van der Waals surface area (Å²) in [5.74, 6) is -0.0861. The largest absolute Gasteiger partial charge is 0.398 e. The zero-order valence-electron chi connectivity index (χ0n) is 12.3. The number of rotatable bonds is 9. The van der Waals surface area contributed by atoms with Gasteiger partial charge in [-0.15, -0.1) is 0 Å². The van der Waals surface area contributed by atoms with Crippen LogP contribution >= 0.6 is 0 Å². The van der Waals surface area contributed by atoms with Crippen molar-refractivity contribution in [2.75, 3.05) is 39.2 Å². The lowest BCUT2D eigenvalue weighted by Crippen LogP contribution is -2.24. The fraction of sp³-hybridized carbons (Fsp3) is 0.533. The van der Waals surface area contributed by atoms with Crippen LogP contribution in [0.3, 0.4) is 0 Å². The summed E-state index contributed by atoms with van der Waals surface area (Å²) in [5.41, 5.74) is 8.01. The molecule has 3 N–H and O–H groups in total. The van der Waals surface area contributed by atoms with E-state index in [1.54, 1.807) is 19.2 Å². The SMILES string of the molecule is COCCOCCCCNC(=O)c1ccc(C)c(N)c1. The van der Waals surface area contributed by atoms with E-state index in [0.29, 0.717) is 37.6 Å². The molecule has 0 bridgehead atoms. The molecule has 1 rings (SSSR count). The van der Waals surface area contributed by atoms with Crippen LogP contribution in [0.2, 0.25) is 0 Å². The van der Waals surface area contributed by atoms with Gasteiger partial charge in [0.15, 0.2) is 0 Å². The van der Waals surface area contributed by atoms with Crippen molar-refractivity contribution >= 4 is 11.6 Å². The maximum absolute atomic E-state index is 11.9. The van der Waals surface area contributed by atoms with Crippen LogP contribution in [0.5, 0.6) is 0 Å². The Balaban J connectivity index is 2.15. The third-order valence-corrected chi connectivity index (χ3v) is 2.97. The predicted octanol–water partition coefficient (Wildman–Crippen LogP) is 1.75. The molecule has 112 valence electrons. The van der Waals surface area contributed by atoms with Gasteiger partial charge in [-0.3, -0.25) is 4.79 Å². The first-order chi connectivity index (χ1) is 9.65. The van der Waals surface area contributed by atoms with Gasteiger partial charge < -0.3 is 20.5 Å². The lowest BCUT2D eigenvalue weighted by atomic mass is 10.1. The van der Waals surface area contributed by atoms with Crippen LogP contribution in [-0.2, 0) is 9.47 Å². The first kappa shape index (κ1) is 16.5. The second kappa shape index (κ2) is 9.34. The normalized spacial score (nSPS) is 10.5. The van der Waals surface area contributed by atoms with Crippen molar-refractivity contribution in [1.82, 2.24) is 5.32 Å². The van der Waals surface area contributed by atoms with Crippen LogP contribution in [0, 0.1) is 6.92 Å². The summed E-state index contributed by atoms with van der Waals surface area (Å²) in [4.78, 5) is 11.9. The maximum atomic E-state index is 11.9. The second-order valence-corrected chi connectivity index (χ2v) is 4.64. The minimum Gasteiger partial charge on any atom is -0.398 e. The van der Waals surface area contributed by atoms with Crippen molar-refractivity contribution in [2.24, 2.45) is 0 Å². The monoisotopic (exact) mass is 280 g/mol. The molecule has 0 aliphatic rings.